The van der Waals surface area contributed by atoms with Crippen molar-refractivity contribution in [2.24, 2.45) is 0 Å². The highest BCUT2D eigenvalue weighted by Gasteiger charge is 2.31. The zero-order valence-corrected chi connectivity index (χ0v) is 16.7. The van der Waals surface area contributed by atoms with Crippen molar-refractivity contribution in [1.82, 2.24) is 0 Å². The van der Waals surface area contributed by atoms with Crippen molar-refractivity contribution < 1.29 is 22.9 Å². The SMILES string of the molecule is COc1ccc(NC(=O)C(C)N(c2cc([N+](=O)[O-])ccc2C)S(C)(=O)=O)cc1. The Labute approximate surface area is 163 Å². The summed E-state index contributed by atoms with van der Waals surface area (Å²) in [6.07, 6.45) is 0.947. The number of sulfonamides is 1. The van der Waals surface area contributed by atoms with Gasteiger partial charge in [-0.2, -0.15) is 0 Å². The van der Waals surface area contributed by atoms with E-state index in [0.29, 0.717) is 17.0 Å². The van der Waals surface area contributed by atoms with Gasteiger partial charge in [0.1, 0.15) is 11.8 Å². The minimum absolute atomic E-state index is 0.0779. The van der Waals surface area contributed by atoms with Crippen molar-refractivity contribution in [3.05, 3.63) is 58.1 Å². The number of ether oxygens (including phenoxy) is 1. The number of aryl methyl sites for hydroxylation is 1. The third-order valence-corrected chi connectivity index (χ3v) is 5.31. The molecule has 0 bridgehead atoms. The molecule has 0 spiro atoms. The van der Waals surface area contributed by atoms with Gasteiger partial charge in [-0.1, -0.05) is 6.07 Å². The Bertz CT molecular complexity index is 989. The van der Waals surface area contributed by atoms with Gasteiger partial charge in [0, 0.05) is 17.8 Å². The third kappa shape index (κ3) is 4.77. The van der Waals surface area contributed by atoms with E-state index in [0.717, 1.165) is 16.6 Å². The van der Waals surface area contributed by atoms with Gasteiger partial charge in [0.15, 0.2) is 0 Å². The van der Waals surface area contributed by atoms with E-state index in [1.807, 2.05) is 0 Å². The number of non-ortho nitro benzene ring substituents is 1. The second-order valence-electron chi connectivity index (χ2n) is 6.18. The summed E-state index contributed by atoms with van der Waals surface area (Å²) in [5.41, 5.74) is 0.757. The molecule has 2 aromatic carbocycles. The smallest absolute Gasteiger partial charge is 0.271 e. The molecule has 1 amide bonds. The third-order valence-electron chi connectivity index (χ3n) is 4.09. The lowest BCUT2D eigenvalue weighted by atomic mass is 10.1. The van der Waals surface area contributed by atoms with Gasteiger partial charge in [-0.15, -0.1) is 0 Å². The molecule has 28 heavy (non-hydrogen) atoms. The number of amides is 1. The van der Waals surface area contributed by atoms with Gasteiger partial charge < -0.3 is 10.1 Å². The Morgan fingerprint density at radius 2 is 1.82 bits per heavy atom. The fourth-order valence-corrected chi connectivity index (χ4v) is 3.87. The molecule has 150 valence electrons. The van der Waals surface area contributed by atoms with Gasteiger partial charge in [-0.3, -0.25) is 19.2 Å². The monoisotopic (exact) mass is 407 g/mol. The predicted molar refractivity (Wildman–Crippen MR) is 106 cm³/mol. The summed E-state index contributed by atoms with van der Waals surface area (Å²) in [5.74, 6) is 0.0255. The van der Waals surface area contributed by atoms with Crippen molar-refractivity contribution in [3.63, 3.8) is 0 Å². The lowest BCUT2D eigenvalue weighted by molar-refractivity contribution is -0.384. The largest absolute Gasteiger partial charge is 0.497 e. The molecule has 0 aromatic heterocycles. The Morgan fingerprint density at radius 3 is 2.32 bits per heavy atom. The Morgan fingerprint density at radius 1 is 1.21 bits per heavy atom. The van der Waals surface area contributed by atoms with E-state index >= 15 is 0 Å². The van der Waals surface area contributed by atoms with Crippen LogP contribution in [0.5, 0.6) is 5.75 Å². The van der Waals surface area contributed by atoms with Crippen LogP contribution in [0.1, 0.15) is 12.5 Å². The standard InChI is InChI=1S/C18H21N3O6S/c1-12-5-8-15(21(23)24)11-17(12)20(28(4,25)26)13(2)18(22)19-14-6-9-16(27-3)10-7-14/h5-11,13H,1-4H3,(H,19,22). The summed E-state index contributed by atoms with van der Waals surface area (Å²) >= 11 is 0. The van der Waals surface area contributed by atoms with Crippen LogP contribution in [0.25, 0.3) is 0 Å². The summed E-state index contributed by atoms with van der Waals surface area (Å²) in [7, 11) is -2.39. The number of nitro groups is 1. The molecule has 0 radical (unpaired) electrons. The number of carbonyl (C=O) groups excluding carboxylic acids is 1. The van der Waals surface area contributed by atoms with Gasteiger partial charge in [-0.25, -0.2) is 8.42 Å². The number of nitrogens with one attached hydrogen (secondary N) is 1. The summed E-state index contributed by atoms with van der Waals surface area (Å²) in [5, 5.41) is 13.7. The molecule has 9 nitrogen and oxygen atoms in total. The summed E-state index contributed by atoms with van der Waals surface area (Å²) in [6, 6.07) is 9.27. The molecule has 0 saturated heterocycles. The molecule has 0 aliphatic carbocycles. The molecule has 0 saturated carbocycles. The van der Waals surface area contributed by atoms with Crippen LogP contribution in [0, 0.1) is 17.0 Å². The average molecular weight is 407 g/mol. The first-order valence-corrected chi connectivity index (χ1v) is 10.1. The maximum absolute atomic E-state index is 12.7. The van der Waals surface area contributed by atoms with E-state index in [1.54, 1.807) is 31.2 Å². The number of hydrogen-bond acceptors (Lipinski definition) is 6. The average Bonchev–Trinajstić information content (AvgIpc) is 2.62. The number of benzene rings is 2. The number of anilines is 2. The minimum Gasteiger partial charge on any atom is -0.497 e. The van der Waals surface area contributed by atoms with Crippen LogP contribution in [0.4, 0.5) is 17.1 Å². The van der Waals surface area contributed by atoms with Crippen molar-refractivity contribution in [2.75, 3.05) is 23.0 Å². The molecular formula is C18H21N3O6S. The Kier molecular flexibility index (Phi) is 6.24. The fourth-order valence-electron chi connectivity index (χ4n) is 2.65. The molecule has 2 rings (SSSR count). The molecule has 1 atom stereocenters. The molecule has 0 fully saturated rings. The highest BCUT2D eigenvalue weighted by molar-refractivity contribution is 7.92. The first-order valence-electron chi connectivity index (χ1n) is 8.24. The predicted octanol–water partition coefficient (Wildman–Crippen LogP) is 2.71. The van der Waals surface area contributed by atoms with Crippen molar-refractivity contribution in [1.29, 1.82) is 0 Å². The van der Waals surface area contributed by atoms with E-state index < -0.39 is 26.9 Å². The first kappa shape index (κ1) is 21.2. The first-order chi connectivity index (χ1) is 13.0. The van der Waals surface area contributed by atoms with Gasteiger partial charge >= 0.3 is 0 Å². The quantitative estimate of drug-likeness (QED) is 0.557. The lowest BCUT2D eigenvalue weighted by Gasteiger charge is -2.29. The van der Waals surface area contributed by atoms with Gasteiger partial charge in [0.2, 0.25) is 15.9 Å². The maximum atomic E-state index is 12.7. The summed E-state index contributed by atoms with van der Waals surface area (Å²) in [4.78, 5) is 23.1. The number of nitrogens with zero attached hydrogens (tertiary/aromatic N) is 2. The van der Waals surface area contributed by atoms with Crippen LogP contribution >= 0.6 is 0 Å². The van der Waals surface area contributed by atoms with E-state index in [1.165, 1.54) is 26.2 Å². The van der Waals surface area contributed by atoms with Crippen molar-refractivity contribution in [3.8, 4) is 5.75 Å². The van der Waals surface area contributed by atoms with Gasteiger partial charge in [-0.05, 0) is 43.7 Å². The van der Waals surface area contributed by atoms with E-state index in [4.69, 9.17) is 4.74 Å². The van der Waals surface area contributed by atoms with Crippen LogP contribution in [0.15, 0.2) is 42.5 Å². The number of methoxy groups -OCH3 is 1. The Hall–Kier alpha value is -3.14. The number of nitro benzene ring substituents is 1. The molecule has 2 aromatic rings. The molecule has 1 unspecified atom stereocenters. The van der Waals surface area contributed by atoms with Crippen LogP contribution < -0.4 is 14.4 Å². The zero-order chi connectivity index (χ0) is 21.1. The topological polar surface area (TPSA) is 119 Å². The molecular weight excluding hydrogens is 386 g/mol. The molecule has 1 N–H and O–H groups in total. The van der Waals surface area contributed by atoms with Gasteiger partial charge in [0.05, 0.1) is 24.0 Å². The van der Waals surface area contributed by atoms with E-state index in [9.17, 15) is 23.3 Å². The molecule has 0 aliphatic heterocycles. The summed E-state index contributed by atoms with van der Waals surface area (Å²) in [6.45, 7) is 3.03. The number of hydrogen-bond donors (Lipinski definition) is 1. The highest BCUT2D eigenvalue weighted by atomic mass is 32.2. The second-order valence-corrected chi connectivity index (χ2v) is 8.04. The molecule has 10 heteroatoms. The van der Waals surface area contributed by atoms with E-state index in [-0.39, 0.29) is 11.4 Å². The lowest BCUT2D eigenvalue weighted by Crippen LogP contribution is -2.45. The van der Waals surface area contributed by atoms with Gasteiger partial charge in [0.25, 0.3) is 5.69 Å². The van der Waals surface area contributed by atoms with Crippen LogP contribution in [-0.4, -0.2) is 38.7 Å². The highest BCUT2D eigenvalue weighted by Crippen LogP contribution is 2.29. The Balaban J connectivity index is 2.38. The number of carbonyl (C=O) groups is 1. The second kappa shape index (κ2) is 8.26. The normalized spacial score (nSPS) is 12.1. The maximum Gasteiger partial charge on any atom is 0.271 e. The summed E-state index contributed by atoms with van der Waals surface area (Å²) < 4.78 is 30.7. The zero-order valence-electron chi connectivity index (χ0n) is 15.9. The fraction of sp³-hybridized carbons (Fsp3) is 0.278. The van der Waals surface area contributed by atoms with Crippen molar-refractivity contribution >= 4 is 33.0 Å². The molecule has 0 heterocycles. The molecule has 0 aliphatic rings. The van der Waals surface area contributed by atoms with Crippen LogP contribution in [-0.2, 0) is 14.8 Å². The van der Waals surface area contributed by atoms with Crippen LogP contribution in [0.3, 0.4) is 0 Å². The van der Waals surface area contributed by atoms with E-state index in [2.05, 4.69) is 5.32 Å². The van der Waals surface area contributed by atoms with Crippen molar-refractivity contribution in [2.45, 2.75) is 19.9 Å². The minimum atomic E-state index is -3.90. The number of rotatable bonds is 7. The van der Waals surface area contributed by atoms with Crippen LogP contribution in [0.2, 0.25) is 0 Å².